The minimum absolute atomic E-state index is 0.200. The van der Waals surface area contributed by atoms with Crippen molar-refractivity contribution in [1.29, 1.82) is 0 Å². The van der Waals surface area contributed by atoms with Crippen LogP contribution in [0.2, 0.25) is 0 Å². The van der Waals surface area contributed by atoms with Gasteiger partial charge in [-0.3, -0.25) is 4.79 Å². The number of rotatable bonds is 10. The molecule has 0 radical (unpaired) electrons. The van der Waals surface area contributed by atoms with Crippen molar-refractivity contribution in [2.24, 2.45) is 13.0 Å². The third-order valence-electron chi connectivity index (χ3n) is 6.64. The van der Waals surface area contributed by atoms with Crippen molar-refractivity contribution < 1.29 is 14.1 Å². The summed E-state index contributed by atoms with van der Waals surface area (Å²) in [7, 11) is 0.531. The molecule has 1 aliphatic rings. The summed E-state index contributed by atoms with van der Waals surface area (Å²) in [6.45, 7) is 6.34. The van der Waals surface area contributed by atoms with E-state index in [0.717, 1.165) is 57.2 Å². The van der Waals surface area contributed by atoms with Gasteiger partial charge in [0.15, 0.2) is 0 Å². The molecule has 0 bridgehead atoms. The Morgan fingerprint density at radius 2 is 2.00 bits per heavy atom. The molecule has 1 aliphatic heterocycles. The molecular formula is C26H36N4O4S. The summed E-state index contributed by atoms with van der Waals surface area (Å²) in [6, 6.07) is 5.51. The number of nitrogens with one attached hydrogen (secondary N) is 1. The van der Waals surface area contributed by atoms with Gasteiger partial charge in [-0.2, -0.15) is 0 Å². The Hall–Kier alpha value is -2.49. The number of ether oxygens (including phenoxy) is 1. The first-order valence-corrected chi connectivity index (χ1v) is 13.7. The van der Waals surface area contributed by atoms with Gasteiger partial charge in [-0.1, -0.05) is 20.3 Å². The van der Waals surface area contributed by atoms with Gasteiger partial charge in [0.05, 0.1) is 22.6 Å². The Kier molecular flexibility index (Phi) is 8.41. The van der Waals surface area contributed by atoms with E-state index in [1.807, 2.05) is 47.2 Å². The number of fused-ring (bicyclic) bond motifs is 1. The highest BCUT2D eigenvalue weighted by Crippen LogP contribution is 2.32. The molecule has 2 N–H and O–H groups in total. The third-order valence-corrected chi connectivity index (χ3v) is 8.13. The fraction of sp³-hybridized carbons (Fsp3) is 0.538. The molecule has 0 spiro atoms. The van der Waals surface area contributed by atoms with Gasteiger partial charge in [-0.15, -0.1) is 0 Å². The first kappa shape index (κ1) is 25.6. The van der Waals surface area contributed by atoms with Crippen molar-refractivity contribution in [2.45, 2.75) is 57.3 Å². The van der Waals surface area contributed by atoms with E-state index in [0.29, 0.717) is 45.6 Å². The van der Waals surface area contributed by atoms with Crippen LogP contribution in [0.1, 0.15) is 51.5 Å². The number of aromatic amines is 1. The number of nitrogens with zero attached hydrogens (tertiary/aromatic N) is 3. The molecule has 1 saturated heterocycles. The largest absolute Gasteiger partial charge is 0.493 e. The normalized spacial score (nSPS) is 16.1. The van der Waals surface area contributed by atoms with Crippen LogP contribution in [0.3, 0.4) is 0 Å². The van der Waals surface area contributed by atoms with E-state index in [4.69, 9.17) is 9.72 Å². The van der Waals surface area contributed by atoms with Crippen LogP contribution in [-0.4, -0.2) is 54.5 Å². The first-order chi connectivity index (χ1) is 17.0. The summed E-state index contributed by atoms with van der Waals surface area (Å²) in [6.07, 6.45) is 7.26. The van der Waals surface area contributed by atoms with Gasteiger partial charge in [-0.25, -0.2) is 13.5 Å². The number of aromatic nitrogens is 3. The van der Waals surface area contributed by atoms with E-state index in [2.05, 4.69) is 11.9 Å². The van der Waals surface area contributed by atoms with E-state index in [-0.39, 0.29) is 12.2 Å². The molecule has 1 fully saturated rings. The maximum atomic E-state index is 13.4. The van der Waals surface area contributed by atoms with Crippen molar-refractivity contribution in [3.05, 3.63) is 40.3 Å². The Morgan fingerprint density at radius 1 is 1.23 bits per heavy atom. The van der Waals surface area contributed by atoms with Crippen LogP contribution in [0.25, 0.3) is 22.4 Å². The van der Waals surface area contributed by atoms with E-state index >= 15 is 0 Å². The van der Waals surface area contributed by atoms with Crippen molar-refractivity contribution >= 4 is 22.0 Å². The van der Waals surface area contributed by atoms with Gasteiger partial charge < -0.3 is 19.4 Å². The first-order valence-electron chi connectivity index (χ1n) is 12.6. The Labute approximate surface area is 208 Å². The Balaban J connectivity index is 1.72. The second-order valence-electron chi connectivity index (χ2n) is 9.27. The lowest BCUT2D eigenvalue weighted by atomic mass is 9.95. The highest BCUT2D eigenvalue weighted by molar-refractivity contribution is 7.82. The molecular weight excluding hydrogens is 464 g/mol. The van der Waals surface area contributed by atoms with Crippen LogP contribution in [0, 0.1) is 5.92 Å². The summed E-state index contributed by atoms with van der Waals surface area (Å²) in [5, 5.41) is 9.21. The standard InChI is InChI=1S/C26H36N4O4S/c1-4-6-19-17-29(3)24-23(19)27-25(28-26(24)32)21-16-20(7-8-22(21)34-15-5-2)35(33)30-12-9-18(10-13-30)11-14-31/h7-8,16-18,31H,4-6,9-15H2,1-3H3,(H,27,28,32). The monoisotopic (exact) mass is 500 g/mol. The third kappa shape index (κ3) is 5.52. The number of aliphatic hydroxyl groups excluding tert-OH is 1. The molecule has 1 unspecified atom stereocenters. The molecule has 1 aromatic carbocycles. The van der Waals surface area contributed by atoms with E-state index in [1.54, 1.807) is 0 Å². The number of hydrogen-bond donors (Lipinski definition) is 2. The maximum absolute atomic E-state index is 13.4. The van der Waals surface area contributed by atoms with Crippen molar-refractivity contribution in [2.75, 3.05) is 26.3 Å². The predicted octanol–water partition coefficient (Wildman–Crippen LogP) is 3.79. The highest BCUT2D eigenvalue weighted by atomic mass is 32.2. The minimum Gasteiger partial charge on any atom is -0.493 e. The number of benzene rings is 1. The lowest BCUT2D eigenvalue weighted by molar-refractivity contribution is 0.211. The van der Waals surface area contributed by atoms with Gasteiger partial charge in [0.25, 0.3) is 5.56 Å². The van der Waals surface area contributed by atoms with Gasteiger partial charge >= 0.3 is 0 Å². The van der Waals surface area contributed by atoms with E-state index < -0.39 is 11.0 Å². The second kappa shape index (κ2) is 11.5. The molecule has 0 saturated carbocycles. The average molecular weight is 501 g/mol. The number of piperidine rings is 1. The average Bonchev–Trinajstić information content (AvgIpc) is 3.18. The summed E-state index contributed by atoms with van der Waals surface area (Å²) < 4.78 is 23.3. The van der Waals surface area contributed by atoms with E-state index in [9.17, 15) is 14.1 Å². The second-order valence-corrected chi connectivity index (χ2v) is 10.8. The van der Waals surface area contributed by atoms with E-state index in [1.165, 1.54) is 0 Å². The van der Waals surface area contributed by atoms with Crippen LogP contribution < -0.4 is 10.3 Å². The zero-order valence-electron chi connectivity index (χ0n) is 20.9. The van der Waals surface area contributed by atoms with Crippen LogP contribution in [-0.2, 0) is 24.5 Å². The summed E-state index contributed by atoms with van der Waals surface area (Å²) in [4.78, 5) is 21.5. The van der Waals surface area contributed by atoms with Gasteiger partial charge in [-0.05, 0) is 61.8 Å². The fourth-order valence-corrected chi connectivity index (χ4v) is 6.04. The Bertz CT molecular complexity index is 1240. The summed E-state index contributed by atoms with van der Waals surface area (Å²) >= 11 is 0. The molecule has 9 heteroatoms. The number of H-pyrrole nitrogens is 1. The van der Waals surface area contributed by atoms with Crippen molar-refractivity contribution in [3.63, 3.8) is 0 Å². The van der Waals surface area contributed by atoms with Crippen molar-refractivity contribution in [3.8, 4) is 17.1 Å². The quantitative estimate of drug-likeness (QED) is 0.441. The van der Waals surface area contributed by atoms with Crippen LogP contribution in [0.15, 0.2) is 34.1 Å². The zero-order chi connectivity index (χ0) is 24.9. The molecule has 3 aromatic rings. The molecule has 0 amide bonds. The highest BCUT2D eigenvalue weighted by Gasteiger charge is 2.25. The van der Waals surface area contributed by atoms with Crippen molar-refractivity contribution in [1.82, 2.24) is 18.8 Å². The lowest BCUT2D eigenvalue weighted by Gasteiger charge is -2.30. The molecule has 3 heterocycles. The predicted molar refractivity (Wildman–Crippen MR) is 139 cm³/mol. The topological polar surface area (TPSA) is 100 Å². The molecule has 1 atom stereocenters. The molecule has 190 valence electrons. The number of hydrogen-bond acceptors (Lipinski definition) is 5. The van der Waals surface area contributed by atoms with Crippen LogP contribution in [0.5, 0.6) is 5.75 Å². The maximum Gasteiger partial charge on any atom is 0.275 e. The Morgan fingerprint density at radius 3 is 2.69 bits per heavy atom. The van der Waals surface area contributed by atoms with Crippen LogP contribution >= 0.6 is 0 Å². The number of aliphatic hydroxyl groups is 1. The minimum atomic E-state index is -1.33. The number of aryl methyl sites for hydroxylation is 2. The molecule has 35 heavy (non-hydrogen) atoms. The summed E-state index contributed by atoms with van der Waals surface area (Å²) in [5.74, 6) is 1.53. The van der Waals surface area contributed by atoms with Gasteiger partial charge in [0.1, 0.15) is 28.1 Å². The molecule has 4 rings (SSSR count). The lowest BCUT2D eigenvalue weighted by Crippen LogP contribution is -2.35. The van der Waals surface area contributed by atoms with Gasteiger partial charge in [0.2, 0.25) is 0 Å². The molecule has 2 aromatic heterocycles. The smallest absolute Gasteiger partial charge is 0.275 e. The summed E-state index contributed by atoms with van der Waals surface area (Å²) in [5.41, 5.74) is 2.74. The van der Waals surface area contributed by atoms with Crippen LogP contribution in [0.4, 0.5) is 0 Å². The molecule has 0 aliphatic carbocycles. The molecule has 8 nitrogen and oxygen atoms in total. The SMILES string of the molecule is CCCOc1ccc(S(=O)N2CCC(CCO)CC2)cc1-c1nc2c(CCC)cn(C)c2c(=O)[nH]1. The fourth-order valence-electron chi connectivity index (χ4n) is 4.79. The zero-order valence-corrected chi connectivity index (χ0v) is 21.7. The van der Waals surface area contributed by atoms with Gasteiger partial charge in [0, 0.05) is 32.9 Å².